The summed E-state index contributed by atoms with van der Waals surface area (Å²) in [7, 11) is 5.46. The fourth-order valence-corrected chi connectivity index (χ4v) is 3.22. The number of para-hydroxylation sites is 2. The molecular formula is C21H26ClN3O3. The van der Waals surface area contributed by atoms with Gasteiger partial charge in [-0.1, -0.05) is 30.3 Å². The molecule has 0 saturated heterocycles. The third-order valence-corrected chi connectivity index (χ3v) is 4.46. The van der Waals surface area contributed by atoms with Crippen molar-refractivity contribution < 1.29 is 14.7 Å². The summed E-state index contributed by atoms with van der Waals surface area (Å²) in [6.07, 6.45) is 0.670. The van der Waals surface area contributed by atoms with E-state index in [0.29, 0.717) is 17.9 Å². The molecule has 1 amide bonds. The van der Waals surface area contributed by atoms with Gasteiger partial charge in [0, 0.05) is 11.1 Å². The van der Waals surface area contributed by atoms with E-state index in [-0.39, 0.29) is 19.0 Å². The number of amides is 1. The molecule has 3 rings (SSSR count). The van der Waals surface area contributed by atoms with Gasteiger partial charge in [0.2, 0.25) is 0 Å². The van der Waals surface area contributed by atoms with Crippen LogP contribution in [0, 0.1) is 0 Å². The summed E-state index contributed by atoms with van der Waals surface area (Å²) in [5.41, 5.74) is 2.00. The van der Waals surface area contributed by atoms with Gasteiger partial charge in [0.1, 0.15) is 0 Å². The maximum Gasteiger partial charge on any atom is 0.298 e. The topological polar surface area (TPSA) is 57.9 Å². The fourth-order valence-electron chi connectivity index (χ4n) is 3.22. The Balaban J connectivity index is 0.00000280. The van der Waals surface area contributed by atoms with Gasteiger partial charge in [0.05, 0.1) is 19.2 Å². The third kappa shape index (κ3) is 4.30. The normalized spacial score (nSPS) is 10.8. The number of hydroxylamine groups is 2. The number of methoxy groups -OCH3 is 1. The number of rotatable bonds is 7. The highest BCUT2D eigenvalue weighted by molar-refractivity contribution is 6.04. The van der Waals surface area contributed by atoms with Crippen LogP contribution < -0.4 is 4.74 Å². The van der Waals surface area contributed by atoms with Gasteiger partial charge in [0.15, 0.2) is 11.4 Å². The smallest absolute Gasteiger partial charge is 0.298 e. The summed E-state index contributed by atoms with van der Waals surface area (Å²) in [6.45, 7) is 1.03. The summed E-state index contributed by atoms with van der Waals surface area (Å²) in [5.74, 6) is -0.0169. The van der Waals surface area contributed by atoms with Crippen LogP contribution in [-0.4, -0.2) is 59.9 Å². The average Bonchev–Trinajstić information content (AvgIpc) is 3.01. The second-order valence-corrected chi connectivity index (χ2v) is 6.66. The first kappa shape index (κ1) is 21.8. The number of hydrogen-bond donors (Lipinski definition) is 1. The van der Waals surface area contributed by atoms with Gasteiger partial charge < -0.3 is 14.2 Å². The number of fused-ring (bicyclic) bond motifs is 1. The van der Waals surface area contributed by atoms with E-state index in [1.165, 1.54) is 0 Å². The van der Waals surface area contributed by atoms with Crippen LogP contribution in [0.5, 0.6) is 5.75 Å². The standard InChI is InChI=1S/C21H25N3O3.ClH/c1-22(2)14-9-15-23(26)21(25)19-20(27-3)17-12-7-8-13-18(17)24(19)16-10-5-4-6-11-16;/h4-8,10-13,26H,9,14-15H2,1-3H3;1H. The van der Waals surface area contributed by atoms with Crippen molar-refractivity contribution in [3.05, 3.63) is 60.3 Å². The Kier molecular flexibility index (Phi) is 7.45. The Labute approximate surface area is 171 Å². The molecule has 0 aliphatic rings. The van der Waals surface area contributed by atoms with Crippen molar-refractivity contribution in [2.24, 2.45) is 0 Å². The molecule has 0 fully saturated rings. The highest BCUT2D eigenvalue weighted by Gasteiger charge is 2.27. The van der Waals surface area contributed by atoms with E-state index in [0.717, 1.165) is 28.2 Å². The first-order valence-corrected chi connectivity index (χ1v) is 8.93. The number of benzene rings is 2. The number of carbonyl (C=O) groups excluding carboxylic acids is 1. The van der Waals surface area contributed by atoms with E-state index in [2.05, 4.69) is 0 Å². The SMILES string of the molecule is COc1c(C(=O)N(O)CCCN(C)C)n(-c2ccccc2)c2ccccc12.Cl. The number of hydrogen-bond acceptors (Lipinski definition) is 4. The minimum absolute atomic E-state index is 0. The Morgan fingerprint density at radius 1 is 1.04 bits per heavy atom. The molecule has 0 bridgehead atoms. The Bertz CT molecular complexity index is 925. The van der Waals surface area contributed by atoms with Crippen LogP contribution in [0.3, 0.4) is 0 Å². The van der Waals surface area contributed by atoms with Crippen molar-refractivity contribution >= 4 is 29.2 Å². The molecule has 0 spiro atoms. The monoisotopic (exact) mass is 403 g/mol. The molecular weight excluding hydrogens is 378 g/mol. The molecule has 150 valence electrons. The van der Waals surface area contributed by atoms with Crippen LogP contribution in [0.4, 0.5) is 0 Å². The second-order valence-electron chi connectivity index (χ2n) is 6.66. The summed E-state index contributed by atoms with van der Waals surface area (Å²) in [4.78, 5) is 15.1. The molecule has 1 N–H and O–H groups in total. The van der Waals surface area contributed by atoms with Gasteiger partial charge >= 0.3 is 0 Å². The van der Waals surface area contributed by atoms with E-state index in [4.69, 9.17) is 4.74 Å². The molecule has 1 heterocycles. The van der Waals surface area contributed by atoms with Crippen LogP contribution >= 0.6 is 12.4 Å². The van der Waals surface area contributed by atoms with Gasteiger partial charge in [-0.2, -0.15) is 0 Å². The zero-order valence-electron chi connectivity index (χ0n) is 16.3. The van der Waals surface area contributed by atoms with Crippen molar-refractivity contribution in [3.63, 3.8) is 0 Å². The third-order valence-electron chi connectivity index (χ3n) is 4.46. The van der Waals surface area contributed by atoms with Crippen molar-refractivity contribution in [3.8, 4) is 11.4 Å². The van der Waals surface area contributed by atoms with Crippen molar-refractivity contribution in [1.29, 1.82) is 0 Å². The van der Waals surface area contributed by atoms with Crippen molar-refractivity contribution in [1.82, 2.24) is 14.5 Å². The highest BCUT2D eigenvalue weighted by atomic mass is 35.5. The van der Waals surface area contributed by atoms with Gasteiger partial charge in [-0.25, -0.2) is 5.06 Å². The van der Waals surface area contributed by atoms with E-state index in [1.54, 1.807) is 7.11 Å². The molecule has 28 heavy (non-hydrogen) atoms. The molecule has 0 radical (unpaired) electrons. The summed E-state index contributed by atoms with van der Waals surface area (Å²) in [5, 5.41) is 12.0. The van der Waals surface area contributed by atoms with E-state index < -0.39 is 5.91 Å². The minimum atomic E-state index is -0.481. The first-order valence-electron chi connectivity index (χ1n) is 8.93. The van der Waals surface area contributed by atoms with Crippen LogP contribution in [0.15, 0.2) is 54.6 Å². The zero-order valence-corrected chi connectivity index (χ0v) is 17.1. The van der Waals surface area contributed by atoms with Gasteiger partial charge in [0.25, 0.3) is 5.91 Å². The van der Waals surface area contributed by atoms with Crippen LogP contribution in [0.2, 0.25) is 0 Å². The maximum atomic E-state index is 13.1. The van der Waals surface area contributed by atoms with Gasteiger partial charge in [-0.15, -0.1) is 12.4 Å². The van der Waals surface area contributed by atoms with Crippen LogP contribution in [0.25, 0.3) is 16.6 Å². The van der Waals surface area contributed by atoms with E-state index in [9.17, 15) is 10.0 Å². The molecule has 0 saturated carbocycles. The summed E-state index contributed by atoms with van der Waals surface area (Å²) in [6, 6.07) is 17.3. The Hall–Kier alpha value is -2.54. The van der Waals surface area contributed by atoms with Gasteiger partial charge in [-0.05, 0) is 51.3 Å². The average molecular weight is 404 g/mol. The van der Waals surface area contributed by atoms with Crippen LogP contribution in [0.1, 0.15) is 16.9 Å². The minimum Gasteiger partial charge on any atom is -0.494 e. The second kappa shape index (κ2) is 9.59. The Morgan fingerprint density at radius 2 is 1.68 bits per heavy atom. The zero-order chi connectivity index (χ0) is 19.4. The number of carbonyl (C=O) groups is 1. The summed E-state index contributed by atoms with van der Waals surface area (Å²) >= 11 is 0. The quantitative estimate of drug-likeness (QED) is 0.481. The lowest BCUT2D eigenvalue weighted by atomic mass is 10.2. The molecule has 1 aromatic heterocycles. The lowest BCUT2D eigenvalue weighted by Gasteiger charge is -2.18. The maximum absolute atomic E-state index is 13.1. The predicted molar refractivity (Wildman–Crippen MR) is 113 cm³/mol. The number of ether oxygens (including phenoxy) is 1. The van der Waals surface area contributed by atoms with Gasteiger partial charge in [-0.3, -0.25) is 10.0 Å². The largest absolute Gasteiger partial charge is 0.494 e. The first-order chi connectivity index (χ1) is 13.0. The molecule has 0 aliphatic heterocycles. The summed E-state index contributed by atoms with van der Waals surface area (Å²) < 4.78 is 7.43. The number of halogens is 1. The molecule has 2 aromatic carbocycles. The molecule has 7 heteroatoms. The van der Waals surface area contributed by atoms with Crippen molar-refractivity contribution in [2.45, 2.75) is 6.42 Å². The predicted octanol–water partition coefficient (Wildman–Crippen LogP) is 3.84. The lowest BCUT2D eigenvalue weighted by Crippen LogP contribution is -2.32. The molecule has 3 aromatic rings. The molecule has 0 atom stereocenters. The molecule has 0 unspecified atom stereocenters. The number of aromatic nitrogens is 1. The van der Waals surface area contributed by atoms with Crippen molar-refractivity contribution in [2.75, 3.05) is 34.3 Å². The van der Waals surface area contributed by atoms with Crippen LogP contribution in [-0.2, 0) is 0 Å². The number of nitrogens with zero attached hydrogens (tertiary/aromatic N) is 3. The lowest BCUT2D eigenvalue weighted by molar-refractivity contribution is -0.0599. The van der Waals surface area contributed by atoms with E-state index in [1.807, 2.05) is 78.2 Å². The Morgan fingerprint density at radius 3 is 2.32 bits per heavy atom. The fraction of sp³-hybridized carbons (Fsp3) is 0.286. The molecule has 0 aliphatic carbocycles. The highest BCUT2D eigenvalue weighted by Crippen LogP contribution is 2.36. The van der Waals surface area contributed by atoms with E-state index >= 15 is 0 Å². The molecule has 6 nitrogen and oxygen atoms in total.